The van der Waals surface area contributed by atoms with Crippen molar-refractivity contribution in [1.82, 2.24) is 10.2 Å². The molecule has 2 heteroatoms. The largest absolute Gasteiger partial charge is 0.317 e. The van der Waals surface area contributed by atoms with Crippen LogP contribution in [0.25, 0.3) is 0 Å². The van der Waals surface area contributed by atoms with Crippen LogP contribution in [0, 0.1) is 17.8 Å². The summed E-state index contributed by atoms with van der Waals surface area (Å²) in [7, 11) is 0. The van der Waals surface area contributed by atoms with Crippen LogP contribution >= 0.6 is 0 Å². The Bertz CT molecular complexity index is 194. The highest BCUT2D eigenvalue weighted by molar-refractivity contribution is 4.98. The van der Waals surface area contributed by atoms with E-state index in [4.69, 9.17) is 0 Å². The molecule has 0 aromatic carbocycles. The van der Waals surface area contributed by atoms with Gasteiger partial charge in [0.05, 0.1) is 6.54 Å². The molecule has 0 aliphatic carbocycles. The van der Waals surface area contributed by atoms with E-state index in [1.54, 1.807) is 0 Å². The molecular formula is C12H22N2. The highest BCUT2D eigenvalue weighted by Gasteiger charge is 2.17. The number of piperidine rings is 1. The molecule has 1 aliphatic rings. The zero-order chi connectivity index (χ0) is 10.2. The van der Waals surface area contributed by atoms with Crippen molar-refractivity contribution in [1.29, 1.82) is 0 Å². The van der Waals surface area contributed by atoms with Gasteiger partial charge in [0.2, 0.25) is 0 Å². The van der Waals surface area contributed by atoms with Crippen LogP contribution in [0.2, 0.25) is 0 Å². The summed E-state index contributed by atoms with van der Waals surface area (Å²) >= 11 is 0. The number of likely N-dealkylation sites (tertiary alicyclic amines) is 1. The van der Waals surface area contributed by atoms with Crippen LogP contribution < -0.4 is 5.32 Å². The summed E-state index contributed by atoms with van der Waals surface area (Å²) in [6, 6.07) is 0. The molecule has 1 rings (SSSR count). The lowest BCUT2D eigenvalue weighted by atomic mass is 9.97. The normalized spacial score (nSPS) is 19.0. The second kappa shape index (κ2) is 6.86. The maximum Gasteiger partial charge on any atom is 0.0601 e. The molecule has 0 unspecified atom stereocenters. The van der Waals surface area contributed by atoms with Gasteiger partial charge in [-0.2, -0.15) is 0 Å². The first-order chi connectivity index (χ1) is 6.86. The van der Waals surface area contributed by atoms with E-state index in [1.165, 1.54) is 32.5 Å². The number of hydrogen-bond donors (Lipinski definition) is 1. The molecule has 0 bridgehead atoms. The van der Waals surface area contributed by atoms with Crippen molar-refractivity contribution in [3.8, 4) is 11.8 Å². The molecule has 0 radical (unpaired) electrons. The fourth-order valence-electron chi connectivity index (χ4n) is 1.89. The van der Waals surface area contributed by atoms with Crippen LogP contribution in [0.5, 0.6) is 0 Å². The third-order valence-corrected chi connectivity index (χ3v) is 2.87. The molecule has 14 heavy (non-hydrogen) atoms. The van der Waals surface area contributed by atoms with E-state index in [-0.39, 0.29) is 0 Å². The molecule has 1 aliphatic heterocycles. The summed E-state index contributed by atoms with van der Waals surface area (Å²) in [5.74, 6) is 6.98. The third kappa shape index (κ3) is 4.13. The summed E-state index contributed by atoms with van der Waals surface area (Å²) in [5, 5.41) is 3.43. The highest BCUT2D eigenvalue weighted by atomic mass is 15.1. The monoisotopic (exact) mass is 194 g/mol. The van der Waals surface area contributed by atoms with Gasteiger partial charge in [0.25, 0.3) is 0 Å². The lowest BCUT2D eigenvalue weighted by Gasteiger charge is -2.30. The van der Waals surface area contributed by atoms with E-state index in [2.05, 4.69) is 29.0 Å². The first kappa shape index (κ1) is 11.6. The summed E-state index contributed by atoms with van der Waals surface area (Å²) < 4.78 is 0. The van der Waals surface area contributed by atoms with Crippen molar-refractivity contribution in [2.75, 3.05) is 32.7 Å². The fourth-order valence-corrected chi connectivity index (χ4v) is 1.89. The lowest BCUT2D eigenvalue weighted by molar-refractivity contribution is 0.201. The highest BCUT2D eigenvalue weighted by Crippen LogP contribution is 2.15. The number of nitrogens with zero attached hydrogens (tertiary/aromatic N) is 1. The molecule has 1 saturated heterocycles. The average Bonchev–Trinajstić information content (AvgIpc) is 2.25. The number of nitrogens with one attached hydrogen (secondary N) is 1. The molecule has 1 heterocycles. The molecule has 1 N–H and O–H groups in total. The van der Waals surface area contributed by atoms with Gasteiger partial charge in [-0.05, 0) is 51.9 Å². The zero-order valence-electron chi connectivity index (χ0n) is 9.47. The van der Waals surface area contributed by atoms with Gasteiger partial charge >= 0.3 is 0 Å². The Morgan fingerprint density at radius 3 is 2.64 bits per heavy atom. The van der Waals surface area contributed by atoms with Crippen LogP contribution in [-0.4, -0.2) is 37.6 Å². The van der Waals surface area contributed by atoms with Gasteiger partial charge in [-0.15, -0.1) is 5.92 Å². The standard InChI is InChI=1S/C12H22N2/c1-3-5-8-14-9-6-12(7-10-14)11-13-4-2/h12-13H,4,6-11H2,1-2H3. The SMILES string of the molecule is CC#CCN1CCC(CNCC)CC1. The Hall–Kier alpha value is -0.520. The molecule has 80 valence electrons. The van der Waals surface area contributed by atoms with Crippen molar-refractivity contribution in [2.24, 2.45) is 5.92 Å². The maximum absolute atomic E-state index is 3.43. The summed E-state index contributed by atoms with van der Waals surface area (Å²) in [5.41, 5.74) is 0. The molecule has 0 atom stereocenters. The van der Waals surface area contributed by atoms with E-state index in [0.717, 1.165) is 19.0 Å². The van der Waals surface area contributed by atoms with Gasteiger partial charge in [-0.25, -0.2) is 0 Å². The van der Waals surface area contributed by atoms with E-state index >= 15 is 0 Å². The molecule has 0 aromatic rings. The van der Waals surface area contributed by atoms with Gasteiger partial charge in [0, 0.05) is 0 Å². The van der Waals surface area contributed by atoms with Crippen molar-refractivity contribution in [3.05, 3.63) is 0 Å². The molecule has 2 nitrogen and oxygen atoms in total. The molecule has 1 fully saturated rings. The second-order valence-electron chi connectivity index (χ2n) is 3.95. The van der Waals surface area contributed by atoms with Crippen molar-refractivity contribution < 1.29 is 0 Å². The zero-order valence-corrected chi connectivity index (χ0v) is 9.47. The Balaban J connectivity index is 2.13. The van der Waals surface area contributed by atoms with E-state index in [0.29, 0.717) is 0 Å². The van der Waals surface area contributed by atoms with E-state index in [1.807, 2.05) is 6.92 Å². The summed E-state index contributed by atoms with van der Waals surface area (Å²) in [4.78, 5) is 2.46. The van der Waals surface area contributed by atoms with Crippen LogP contribution in [0.3, 0.4) is 0 Å². The quantitative estimate of drug-likeness (QED) is 0.679. The topological polar surface area (TPSA) is 15.3 Å². The molecular weight excluding hydrogens is 172 g/mol. The van der Waals surface area contributed by atoms with Crippen LogP contribution in [-0.2, 0) is 0 Å². The Morgan fingerprint density at radius 1 is 1.36 bits per heavy atom. The van der Waals surface area contributed by atoms with Gasteiger partial charge in [-0.3, -0.25) is 4.90 Å². The summed E-state index contributed by atoms with van der Waals surface area (Å²) in [6.07, 6.45) is 2.66. The average molecular weight is 194 g/mol. The van der Waals surface area contributed by atoms with Crippen LogP contribution in [0.1, 0.15) is 26.7 Å². The third-order valence-electron chi connectivity index (χ3n) is 2.87. The molecule has 0 aromatic heterocycles. The minimum absolute atomic E-state index is 0.890. The Morgan fingerprint density at radius 2 is 2.07 bits per heavy atom. The van der Waals surface area contributed by atoms with Crippen LogP contribution in [0.15, 0.2) is 0 Å². The van der Waals surface area contributed by atoms with E-state index < -0.39 is 0 Å². The predicted molar refractivity (Wildman–Crippen MR) is 61.2 cm³/mol. The minimum Gasteiger partial charge on any atom is -0.317 e. The number of hydrogen-bond acceptors (Lipinski definition) is 2. The minimum atomic E-state index is 0.890. The number of rotatable bonds is 4. The smallest absolute Gasteiger partial charge is 0.0601 e. The van der Waals surface area contributed by atoms with Crippen molar-refractivity contribution in [2.45, 2.75) is 26.7 Å². The second-order valence-corrected chi connectivity index (χ2v) is 3.95. The van der Waals surface area contributed by atoms with Gasteiger partial charge < -0.3 is 5.32 Å². The van der Waals surface area contributed by atoms with E-state index in [9.17, 15) is 0 Å². The summed E-state index contributed by atoms with van der Waals surface area (Å²) in [6.45, 7) is 9.80. The molecule has 0 saturated carbocycles. The predicted octanol–water partition coefficient (Wildman–Crippen LogP) is 1.33. The van der Waals surface area contributed by atoms with Crippen molar-refractivity contribution in [3.63, 3.8) is 0 Å². The van der Waals surface area contributed by atoms with Crippen molar-refractivity contribution >= 4 is 0 Å². The van der Waals surface area contributed by atoms with Crippen LogP contribution in [0.4, 0.5) is 0 Å². The lowest BCUT2D eigenvalue weighted by Crippen LogP contribution is -2.37. The maximum atomic E-state index is 3.43. The van der Waals surface area contributed by atoms with Gasteiger partial charge in [0.1, 0.15) is 0 Å². The Labute approximate surface area is 88.1 Å². The fraction of sp³-hybridized carbons (Fsp3) is 0.833. The molecule has 0 amide bonds. The van der Waals surface area contributed by atoms with Gasteiger partial charge in [-0.1, -0.05) is 12.8 Å². The first-order valence-corrected chi connectivity index (χ1v) is 5.69. The molecule has 0 spiro atoms. The van der Waals surface area contributed by atoms with Gasteiger partial charge in [0.15, 0.2) is 0 Å². The first-order valence-electron chi connectivity index (χ1n) is 5.69. The Kier molecular flexibility index (Phi) is 5.66.